The van der Waals surface area contributed by atoms with Crippen LogP contribution in [0.4, 0.5) is 0 Å². The second kappa shape index (κ2) is 7.02. The quantitative estimate of drug-likeness (QED) is 0.927. The number of likely N-dealkylation sites (tertiary alicyclic amines) is 1. The van der Waals surface area contributed by atoms with Gasteiger partial charge in [-0.1, -0.05) is 29.8 Å². The molecule has 0 unspecified atom stereocenters. The summed E-state index contributed by atoms with van der Waals surface area (Å²) >= 11 is 0. The SMILES string of the molecule is CO[C@@H]1C[C@H]2CN(Cc3cccc(C)c3)C[C@H]2C[C@H]1NC(C)=O. The van der Waals surface area contributed by atoms with Crippen LogP contribution in [0.3, 0.4) is 0 Å². The molecule has 2 aliphatic rings. The summed E-state index contributed by atoms with van der Waals surface area (Å²) < 4.78 is 5.65. The van der Waals surface area contributed by atoms with E-state index in [1.807, 2.05) is 0 Å². The van der Waals surface area contributed by atoms with Gasteiger partial charge in [0.25, 0.3) is 0 Å². The van der Waals surface area contributed by atoms with Gasteiger partial charge in [-0.2, -0.15) is 0 Å². The molecule has 1 N–H and O–H groups in total. The molecule has 1 saturated heterocycles. The fourth-order valence-corrected chi connectivity index (χ4v) is 4.38. The minimum Gasteiger partial charge on any atom is -0.379 e. The Balaban J connectivity index is 1.62. The lowest BCUT2D eigenvalue weighted by atomic mass is 9.77. The van der Waals surface area contributed by atoms with Crippen LogP contribution in [0.5, 0.6) is 0 Å². The number of carbonyl (C=O) groups is 1. The van der Waals surface area contributed by atoms with Gasteiger partial charge < -0.3 is 10.1 Å². The van der Waals surface area contributed by atoms with Crippen LogP contribution in [0, 0.1) is 18.8 Å². The minimum atomic E-state index is 0.0464. The Morgan fingerprint density at radius 2 is 2.04 bits per heavy atom. The number of rotatable bonds is 4. The Morgan fingerprint density at radius 3 is 2.70 bits per heavy atom. The number of aryl methyl sites for hydroxylation is 1. The average Bonchev–Trinajstić information content (AvgIpc) is 2.86. The zero-order chi connectivity index (χ0) is 16.4. The highest BCUT2D eigenvalue weighted by atomic mass is 16.5. The number of hydrogen-bond donors (Lipinski definition) is 1. The molecule has 1 saturated carbocycles. The molecule has 1 aromatic carbocycles. The summed E-state index contributed by atoms with van der Waals surface area (Å²) in [5.74, 6) is 1.41. The zero-order valence-corrected chi connectivity index (χ0v) is 14.4. The number of nitrogens with one attached hydrogen (secondary N) is 1. The van der Waals surface area contributed by atoms with E-state index in [2.05, 4.69) is 41.4 Å². The van der Waals surface area contributed by atoms with E-state index in [1.54, 1.807) is 14.0 Å². The van der Waals surface area contributed by atoms with Gasteiger partial charge >= 0.3 is 0 Å². The second-order valence-corrected chi connectivity index (χ2v) is 7.26. The molecule has 1 amide bonds. The first-order chi connectivity index (χ1) is 11.0. The lowest BCUT2D eigenvalue weighted by Crippen LogP contribution is -2.49. The van der Waals surface area contributed by atoms with Crippen molar-refractivity contribution >= 4 is 5.91 Å². The molecule has 1 heterocycles. The lowest BCUT2D eigenvalue weighted by Gasteiger charge is -2.37. The summed E-state index contributed by atoms with van der Waals surface area (Å²) in [6, 6.07) is 8.95. The van der Waals surface area contributed by atoms with Crippen molar-refractivity contribution in [2.75, 3.05) is 20.2 Å². The van der Waals surface area contributed by atoms with Gasteiger partial charge in [-0.3, -0.25) is 9.69 Å². The number of hydrogen-bond acceptors (Lipinski definition) is 3. The van der Waals surface area contributed by atoms with Crippen molar-refractivity contribution in [1.82, 2.24) is 10.2 Å². The van der Waals surface area contributed by atoms with Crippen LogP contribution in [0.1, 0.15) is 30.9 Å². The van der Waals surface area contributed by atoms with Crippen molar-refractivity contribution in [1.29, 1.82) is 0 Å². The van der Waals surface area contributed by atoms with Crippen LogP contribution in [0.25, 0.3) is 0 Å². The number of methoxy groups -OCH3 is 1. The van der Waals surface area contributed by atoms with E-state index in [-0.39, 0.29) is 18.1 Å². The Kier molecular flexibility index (Phi) is 5.02. The van der Waals surface area contributed by atoms with E-state index in [9.17, 15) is 4.79 Å². The summed E-state index contributed by atoms with van der Waals surface area (Å²) in [5.41, 5.74) is 2.72. The summed E-state index contributed by atoms with van der Waals surface area (Å²) in [6.07, 6.45) is 2.24. The van der Waals surface area contributed by atoms with Crippen LogP contribution < -0.4 is 5.32 Å². The van der Waals surface area contributed by atoms with Gasteiger partial charge in [0.1, 0.15) is 0 Å². The molecule has 4 nitrogen and oxygen atoms in total. The summed E-state index contributed by atoms with van der Waals surface area (Å²) in [4.78, 5) is 14.0. The molecule has 4 heteroatoms. The van der Waals surface area contributed by atoms with Crippen molar-refractivity contribution in [3.05, 3.63) is 35.4 Å². The van der Waals surface area contributed by atoms with Gasteiger partial charge in [-0.25, -0.2) is 0 Å². The van der Waals surface area contributed by atoms with Crippen molar-refractivity contribution in [2.45, 2.75) is 45.4 Å². The molecule has 1 aliphatic heterocycles. The largest absolute Gasteiger partial charge is 0.379 e. The Hall–Kier alpha value is -1.39. The number of nitrogens with zero attached hydrogens (tertiary/aromatic N) is 1. The Labute approximate surface area is 139 Å². The molecule has 2 fully saturated rings. The third-order valence-electron chi connectivity index (χ3n) is 5.37. The molecule has 126 valence electrons. The van der Waals surface area contributed by atoms with E-state index in [4.69, 9.17) is 4.74 Å². The smallest absolute Gasteiger partial charge is 0.217 e. The van der Waals surface area contributed by atoms with Crippen molar-refractivity contribution in [3.8, 4) is 0 Å². The number of carbonyl (C=O) groups excluding carboxylic acids is 1. The first-order valence-corrected chi connectivity index (χ1v) is 8.63. The van der Waals surface area contributed by atoms with Gasteiger partial charge in [0.05, 0.1) is 12.1 Å². The molecule has 0 spiro atoms. The summed E-state index contributed by atoms with van der Waals surface area (Å²) in [6.45, 7) is 7.04. The van der Waals surface area contributed by atoms with Crippen LogP contribution in [0.2, 0.25) is 0 Å². The van der Waals surface area contributed by atoms with Gasteiger partial charge in [-0.05, 0) is 37.2 Å². The number of benzene rings is 1. The molecule has 1 aliphatic carbocycles. The monoisotopic (exact) mass is 316 g/mol. The first kappa shape index (κ1) is 16.5. The highest BCUT2D eigenvalue weighted by Crippen LogP contribution is 2.38. The summed E-state index contributed by atoms with van der Waals surface area (Å²) in [5, 5.41) is 3.08. The van der Waals surface area contributed by atoms with E-state index in [1.165, 1.54) is 11.1 Å². The third-order valence-corrected chi connectivity index (χ3v) is 5.37. The molecule has 0 bridgehead atoms. The summed E-state index contributed by atoms with van der Waals surface area (Å²) in [7, 11) is 1.76. The maximum atomic E-state index is 11.4. The number of amides is 1. The van der Waals surface area contributed by atoms with Crippen molar-refractivity contribution in [3.63, 3.8) is 0 Å². The maximum Gasteiger partial charge on any atom is 0.217 e. The normalized spacial score (nSPS) is 30.9. The van der Waals surface area contributed by atoms with E-state index >= 15 is 0 Å². The third kappa shape index (κ3) is 3.93. The standard InChI is InChI=1S/C19H28N2O2/c1-13-5-4-6-15(7-13)10-21-11-16-8-18(20-14(2)22)19(23-3)9-17(16)12-21/h4-7,16-19H,8-12H2,1-3H3,(H,20,22)/t16-,17+,18-,19-/m1/s1. The molecule has 1 aromatic rings. The zero-order valence-electron chi connectivity index (χ0n) is 14.4. The average molecular weight is 316 g/mol. The van der Waals surface area contributed by atoms with Gasteiger partial charge in [0, 0.05) is 33.7 Å². The Morgan fingerprint density at radius 1 is 1.30 bits per heavy atom. The topological polar surface area (TPSA) is 41.6 Å². The predicted molar refractivity (Wildman–Crippen MR) is 91.1 cm³/mol. The molecule has 0 aromatic heterocycles. The van der Waals surface area contributed by atoms with Gasteiger partial charge in [0.2, 0.25) is 5.91 Å². The predicted octanol–water partition coefficient (Wildman–Crippen LogP) is 2.36. The van der Waals surface area contributed by atoms with Crippen molar-refractivity contribution < 1.29 is 9.53 Å². The van der Waals surface area contributed by atoms with Crippen LogP contribution >= 0.6 is 0 Å². The highest BCUT2D eigenvalue weighted by molar-refractivity contribution is 5.73. The van der Waals surface area contributed by atoms with Crippen LogP contribution in [-0.4, -0.2) is 43.2 Å². The fraction of sp³-hybridized carbons (Fsp3) is 0.632. The lowest BCUT2D eigenvalue weighted by molar-refractivity contribution is -0.121. The Bertz CT molecular complexity index is 560. The number of fused-ring (bicyclic) bond motifs is 1. The number of ether oxygens (including phenoxy) is 1. The van der Waals surface area contributed by atoms with Gasteiger partial charge in [0.15, 0.2) is 0 Å². The molecule has 4 atom stereocenters. The highest BCUT2D eigenvalue weighted by Gasteiger charge is 2.42. The van der Waals surface area contributed by atoms with E-state index in [0.29, 0.717) is 11.8 Å². The van der Waals surface area contributed by atoms with Crippen LogP contribution in [-0.2, 0) is 16.1 Å². The van der Waals surface area contributed by atoms with E-state index < -0.39 is 0 Å². The maximum absolute atomic E-state index is 11.4. The molecule has 3 rings (SSSR count). The second-order valence-electron chi connectivity index (χ2n) is 7.26. The molecular weight excluding hydrogens is 288 g/mol. The molecule has 0 radical (unpaired) electrons. The fourth-order valence-electron chi connectivity index (χ4n) is 4.38. The van der Waals surface area contributed by atoms with E-state index in [0.717, 1.165) is 32.5 Å². The van der Waals surface area contributed by atoms with Gasteiger partial charge in [-0.15, -0.1) is 0 Å². The minimum absolute atomic E-state index is 0.0464. The van der Waals surface area contributed by atoms with Crippen molar-refractivity contribution in [2.24, 2.45) is 11.8 Å². The first-order valence-electron chi connectivity index (χ1n) is 8.63. The van der Waals surface area contributed by atoms with Crippen LogP contribution in [0.15, 0.2) is 24.3 Å². The molecular formula is C19H28N2O2. The molecule has 23 heavy (non-hydrogen) atoms.